The van der Waals surface area contributed by atoms with Crippen LogP contribution < -0.4 is 5.32 Å². The molecule has 1 aliphatic rings. The lowest BCUT2D eigenvalue weighted by molar-refractivity contribution is -0.145. The summed E-state index contributed by atoms with van der Waals surface area (Å²) in [5, 5.41) is 3.44. The van der Waals surface area contributed by atoms with Gasteiger partial charge in [-0.05, 0) is 45.3 Å². The molecule has 4 nitrogen and oxygen atoms in total. The van der Waals surface area contributed by atoms with E-state index in [9.17, 15) is 4.79 Å². The normalized spacial score (nSPS) is 21.6. The van der Waals surface area contributed by atoms with E-state index in [0.29, 0.717) is 5.92 Å². The van der Waals surface area contributed by atoms with E-state index >= 15 is 0 Å². The highest BCUT2D eigenvalue weighted by atomic mass is 16.5. The van der Waals surface area contributed by atoms with Crippen molar-refractivity contribution in [1.82, 2.24) is 10.2 Å². The van der Waals surface area contributed by atoms with Gasteiger partial charge in [0.25, 0.3) is 0 Å². The lowest BCUT2D eigenvalue weighted by atomic mass is 10.0. The van der Waals surface area contributed by atoms with Crippen LogP contribution in [0, 0.1) is 11.8 Å². The van der Waals surface area contributed by atoms with Crippen molar-refractivity contribution in [3.8, 4) is 0 Å². The minimum Gasteiger partial charge on any atom is -0.469 e. The first-order valence-corrected chi connectivity index (χ1v) is 7.08. The van der Waals surface area contributed by atoms with Gasteiger partial charge in [-0.3, -0.25) is 4.79 Å². The summed E-state index contributed by atoms with van der Waals surface area (Å²) >= 11 is 0. The van der Waals surface area contributed by atoms with Crippen molar-refractivity contribution in [2.75, 3.05) is 33.3 Å². The second-order valence-electron chi connectivity index (χ2n) is 5.62. The Morgan fingerprint density at radius 1 is 1.28 bits per heavy atom. The number of carbonyl (C=O) groups excluding carboxylic acids is 1. The molecule has 3 unspecified atom stereocenters. The molecule has 0 aliphatic carbocycles. The van der Waals surface area contributed by atoms with Gasteiger partial charge in [0.1, 0.15) is 0 Å². The molecule has 0 spiro atoms. The first kappa shape index (κ1) is 15.4. The van der Waals surface area contributed by atoms with Crippen molar-refractivity contribution in [1.29, 1.82) is 0 Å². The summed E-state index contributed by atoms with van der Waals surface area (Å²) < 4.78 is 4.76. The molecule has 1 saturated heterocycles. The predicted molar refractivity (Wildman–Crippen MR) is 73.5 cm³/mol. The van der Waals surface area contributed by atoms with Crippen molar-refractivity contribution in [2.45, 2.75) is 39.7 Å². The number of nitrogens with zero attached hydrogens (tertiary/aromatic N) is 1. The number of methoxy groups -OCH3 is 1. The average Bonchev–Trinajstić information content (AvgIpc) is 2.86. The molecule has 106 valence electrons. The van der Waals surface area contributed by atoms with Crippen LogP contribution in [0.25, 0.3) is 0 Å². The van der Waals surface area contributed by atoms with Gasteiger partial charge in [-0.2, -0.15) is 0 Å². The van der Waals surface area contributed by atoms with Crippen LogP contribution in [0.3, 0.4) is 0 Å². The quantitative estimate of drug-likeness (QED) is 0.701. The number of rotatable bonds is 7. The highest BCUT2D eigenvalue weighted by Crippen LogP contribution is 2.10. The molecular weight excluding hydrogens is 228 g/mol. The fourth-order valence-electron chi connectivity index (χ4n) is 2.42. The molecule has 0 aromatic carbocycles. The number of esters is 1. The van der Waals surface area contributed by atoms with Gasteiger partial charge in [0.15, 0.2) is 0 Å². The lowest BCUT2D eigenvalue weighted by Crippen LogP contribution is -2.40. The zero-order chi connectivity index (χ0) is 13.5. The van der Waals surface area contributed by atoms with Gasteiger partial charge >= 0.3 is 5.97 Å². The highest BCUT2D eigenvalue weighted by molar-refractivity contribution is 5.72. The first-order valence-electron chi connectivity index (χ1n) is 7.08. The van der Waals surface area contributed by atoms with Crippen LogP contribution in [0.2, 0.25) is 0 Å². The fourth-order valence-corrected chi connectivity index (χ4v) is 2.42. The summed E-state index contributed by atoms with van der Waals surface area (Å²) in [7, 11) is 1.45. The molecule has 1 fully saturated rings. The van der Waals surface area contributed by atoms with Crippen molar-refractivity contribution in [3.05, 3.63) is 0 Å². The molecular formula is C14H28N2O2. The van der Waals surface area contributed by atoms with Crippen LogP contribution in [0.15, 0.2) is 0 Å². The van der Waals surface area contributed by atoms with E-state index in [1.165, 1.54) is 33.0 Å². The van der Waals surface area contributed by atoms with E-state index < -0.39 is 0 Å². The van der Waals surface area contributed by atoms with Gasteiger partial charge in [-0.1, -0.05) is 13.8 Å². The maximum Gasteiger partial charge on any atom is 0.309 e. The maximum absolute atomic E-state index is 11.4. The van der Waals surface area contributed by atoms with Gasteiger partial charge < -0.3 is 15.0 Å². The number of hydrogen-bond donors (Lipinski definition) is 1. The number of likely N-dealkylation sites (tertiary alicyclic amines) is 1. The molecule has 1 heterocycles. The number of nitrogens with one attached hydrogen (secondary N) is 1. The van der Waals surface area contributed by atoms with E-state index in [0.717, 1.165) is 13.1 Å². The van der Waals surface area contributed by atoms with Gasteiger partial charge in [-0.15, -0.1) is 0 Å². The van der Waals surface area contributed by atoms with E-state index in [1.807, 2.05) is 13.8 Å². The maximum atomic E-state index is 11.4. The molecule has 0 amide bonds. The Morgan fingerprint density at radius 2 is 1.89 bits per heavy atom. The van der Waals surface area contributed by atoms with Crippen LogP contribution in [0.1, 0.15) is 33.6 Å². The first-order chi connectivity index (χ1) is 8.54. The Kier molecular flexibility index (Phi) is 6.65. The van der Waals surface area contributed by atoms with Gasteiger partial charge in [0.05, 0.1) is 13.0 Å². The van der Waals surface area contributed by atoms with Gasteiger partial charge in [0, 0.05) is 12.6 Å². The third-order valence-electron chi connectivity index (χ3n) is 3.88. The molecule has 0 saturated carbocycles. The van der Waals surface area contributed by atoms with Crippen molar-refractivity contribution < 1.29 is 9.53 Å². The Labute approximate surface area is 111 Å². The Bertz CT molecular complexity index is 252. The third kappa shape index (κ3) is 4.94. The largest absolute Gasteiger partial charge is 0.469 e. The van der Waals surface area contributed by atoms with E-state index in [-0.39, 0.29) is 17.9 Å². The van der Waals surface area contributed by atoms with Crippen LogP contribution >= 0.6 is 0 Å². The van der Waals surface area contributed by atoms with Crippen LogP contribution in [-0.2, 0) is 9.53 Å². The second kappa shape index (κ2) is 7.74. The molecule has 0 aromatic rings. The minimum absolute atomic E-state index is 0.0889. The number of hydrogen-bond acceptors (Lipinski definition) is 4. The second-order valence-corrected chi connectivity index (χ2v) is 5.62. The zero-order valence-electron chi connectivity index (χ0n) is 12.2. The smallest absolute Gasteiger partial charge is 0.309 e. The van der Waals surface area contributed by atoms with Gasteiger partial charge in [-0.25, -0.2) is 0 Å². The summed E-state index contributed by atoms with van der Waals surface area (Å²) in [6.45, 7) is 10.8. The Morgan fingerprint density at radius 3 is 2.44 bits per heavy atom. The summed E-state index contributed by atoms with van der Waals surface area (Å²) in [4.78, 5) is 13.9. The molecule has 18 heavy (non-hydrogen) atoms. The number of carbonyl (C=O) groups is 1. The molecule has 0 bridgehead atoms. The number of ether oxygens (including phenoxy) is 1. The topological polar surface area (TPSA) is 41.6 Å². The predicted octanol–water partition coefficient (Wildman–Crippen LogP) is 1.51. The zero-order valence-corrected chi connectivity index (χ0v) is 12.2. The summed E-state index contributed by atoms with van der Waals surface area (Å²) in [6.07, 6.45) is 2.69. The van der Waals surface area contributed by atoms with E-state index in [2.05, 4.69) is 17.1 Å². The van der Waals surface area contributed by atoms with Crippen LogP contribution in [0.5, 0.6) is 0 Å². The molecule has 3 atom stereocenters. The molecule has 0 aromatic heterocycles. The standard InChI is InChI=1S/C14H28N2O2/c1-11(10-16-7-5-6-8-16)9-15-13(3)12(2)14(17)18-4/h11-13,15H,5-10H2,1-4H3. The van der Waals surface area contributed by atoms with Crippen molar-refractivity contribution in [3.63, 3.8) is 0 Å². The monoisotopic (exact) mass is 256 g/mol. The minimum atomic E-state index is -0.137. The molecule has 1 rings (SSSR count). The third-order valence-corrected chi connectivity index (χ3v) is 3.88. The van der Waals surface area contributed by atoms with E-state index in [4.69, 9.17) is 4.74 Å². The Balaban J connectivity index is 2.20. The SMILES string of the molecule is COC(=O)C(C)C(C)NCC(C)CN1CCCC1. The van der Waals surface area contributed by atoms with E-state index in [1.54, 1.807) is 0 Å². The molecule has 4 heteroatoms. The van der Waals surface area contributed by atoms with Gasteiger partial charge in [0.2, 0.25) is 0 Å². The molecule has 1 aliphatic heterocycles. The lowest BCUT2D eigenvalue weighted by Gasteiger charge is -2.24. The van der Waals surface area contributed by atoms with Crippen LogP contribution in [0.4, 0.5) is 0 Å². The molecule has 0 radical (unpaired) electrons. The summed E-state index contributed by atoms with van der Waals surface area (Å²) in [5.74, 6) is 0.395. The average molecular weight is 256 g/mol. The highest BCUT2D eigenvalue weighted by Gasteiger charge is 2.21. The Hall–Kier alpha value is -0.610. The van der Waals surface area contributed by atoms with Crippen molar-refractivity contribution in [2.24, 2.45) is 11.8 Å². The van der Waals surface area contributed by atoms with Crippen LogP contribution in [-0.4, -0.2) is 50.2 Å². The molecule has 1 N–H and O–H groups in total. The van der Waals surface area contributed by atoms with Crippen molar-refractivity contribution >= 4 is 5.97 Å². The fraction of sp³-hybridized carbons (Fsp3) is 0.929. The summed E-state index contributed by atoms with van der Waals surface area (Å²) in [5.41, 5.74) is 0. The summed E-state index contributed by atoms with van der Waals surface area (Å²) in [6, 6.07) is 0.165.